The van der Waals surface area contributed by atoms with Crippen molar-refractivity contribution in [1.29, 1.82) is 0 Å². The fourth-order valence-corrected chi connectivity index (χ4v) is 7.08. The Hall–Kier alpha value is -4.26. The van der Waals surface area contributed by atoms with Crippen LogP contribution in [0, 0.1) is 5.92 Å². The van der Waals surface area contributed by atoms with Gasteiger partial charge in [-0.25, -0.2) is 9.31 Å². The zero-order valence-corrected chi connectivity index (χ0v) is 32.8. The summed E-state index contributed by atoms with van der Waals surface area (Å²) in [6.45, 7) is 7.74. The first-order chi connectivity index (χ1) is 25.8. The smallest absolute Gasteiger partial charge is 0.328 e. The molecule has 0 saturated heterocycles. The van der Waals surface area contributed by atoms with Gasteiger partial charge in [-0.2, -0.15) is 0 Å². The van der Waals surface area contributed by atoms with Crippen LogP contribution in [0.1, 0.15) is 141 Å². The number of rotatable bonds is 25. The average molecular weight is 747 g/mol. The summed E-state index contributed by atoms with van der Waals surface area (Å²) in [4.78, 5) is 39.0. The third kappa shape index (κ3) is 13.6. The quantitative estimate of drug-likeness (QED) is 0.0444. The fourth-order valence-electron chi connectivity index (χ4n) is 6.19. The van der Waals surface area contributed by atoms with Crippen molar-refractivity contribution in [3.8, 4) is 11.4 Å². The molecule has 0 bridgehead atoms. The SMILES string of the molecule is CCCCCCCCCCCCCCCCCCOC(=O)C(NC(=O)c1[nH]n2c(-c3ccccc3)nnc2c1Sc1ccc(NC(C)=O)nn1)C(C)C. The number of fused-ring (bicyclic) bond motifs is 1. The Morgan fingerprint density at radius 2 is 1.38 bits per heavy atom. The number of amides is 2. The van der Waals surface area contributed by atoms with E-state index in [0.29, 0.717) is 33.8 Å². The molecule has 1 aromatic carbocycles. The molecule has 0 aliphatic heterocycles. The van der Waals surface area contributed by atoms with E-state index in [1.54, 1.807) is 16.6 Å². The monoisotopic (exact) mass is 746 g/mol. The number of unbranched alkanes of at least 4 members (excludes halogenated alkanes) is 15. The molecule has 0 saturated carbocycles. The van der Waals surface area contributed by atoms with Crippen molar-refractivity contribution in [2.75, 3.05) is 11.9 Å². The predicted octanol–water partition coefficient (Wildman–Crippen LogP) is 9.18. The van der Waals surface area contributed by atoms with E-state index in [1.807, 2.05) is 44.2 Å². The minimum atomic E-state index is -0.847. The van der Waals surface area contributed by atoms with Gasteiger partial charge in [0.05, 0.1) is 11.5 Å². The van der Waals surface area contributed by atoms with E-state index < -0.39 is 17.9 Å². The lowest BCUT2D eigenvalue weighted by molar-refractivity contribution is -0.147. The zero-order chi connectivity index (χ0) is 37.8. The van der Waals surface area contributed by atoms with Gasteiger partial charge in [-0.1, -0.05) is 159 Å². The highest BCUT2D eigenvalue weighted by atomic mass is 32.2. The van der Waals surface area contributed by atoms with E-state index >= 15 is 0 Å². The van der Waals surface area contributed by atoms with Crippen LogP contribution in [0.25, 0.3) is 17.0 Å². The molecule has 288 valence electrons. The molecule has 3 heterocycles. The van der Waals surface area contributed by atoms with Gasteiger partial charge in [0.2, 0.25) is 5.91 Å². The van der Waals surface area contributed by atoms with E-state index in [1.165, 1.54) is 102 Å². The molecule has 1 unspecified atom stereocenters. The molecular formula is C40H58N8O4S. The highest BCUT2D eigenvalue weighted by Gasteiger charge is 2.30. The average Bonchev–Trinajstić information content (AvgIpc) is 3.72. The van der Waals surface area contributed by atoms with Crippen molar-refractivity contribution in [2.24, 2.45) is 5.92 Å². The van der Waals surface area contributed by atoms with E-state index in [0.717, 1.165) is 24.8 Å². The number of aromatic amines is 1. The second-order valence-corrected chi connectivity index (χ2v) is 15.1. The maximum atomic E-state index is 13.9. The Balaban J connectivity index is 1.26. The topological polar surface area (TPSA) is 156 Å². The summed E-state index contributed by atoms with van der Waals surface area (Å²) >= 11 is 1.17. The van der Waals surface area contributed by atoms with Gasteiger partial charge < -0.3 is 15.4 Å². The van der Waals surface area contributed by atoms with E-state index in [9.17, 15) is 14.4 Å². The van der Waals surface area contributed by atoms with Gasteiger partial charge in [0.15, 0.2) is 17.3 Å². The molecule has 0 aliphatic carbocycles. The fraction of sp³-hybridized carbons (Fsp3) is 0.575. The number of H-pyrrole nitrogens is 1. The van der Waals surface area contributed by atoms with Crippen LogP contribution in [-0.2, 0) is 14.3 Å². The number of esters is 1. The lowest BCUT2D eigenvalue weighted by Gasteiger charge is -2.20. The second-order valence-electron chi connectivity index (χ2n) is 14.1. The van der Waals surface area contributed by atoms with Crippen LogP contribution < -0.4 is 10.6 Å². The number of ether oxygens (including phenoxy) is 1. The van der Waals surface area contributed by atoms with Crippen LogP contribution in [0.15, 0.2) is 52.4 Å². The summed E-state index contributed by atoms with van der Waals surface area (Å²) in [5, 5.41) is 26.2. The number of nitrogens with one attached hydrogen (secondary N) is 3. The van der Waals surface area contributed by atoms with Gasteiger partial charge in [0.25, 0.3) is 5.91 Å². The Morgan fingerprint density at radius 1 is 0.774 bits per heavy atom. The number of carbonyl (C=O) groups excluding carboxylic acids is 3. The molecule has 3 aromatic heterocycles. The third-order valence-corrected chi connectivity index (χ3v) is 10.2. The van der Waals surface area contributed by atoms with Crippen LogP contribution in [0.3, 0.4) is 0 Å². The molecule has 1 atom stereocenters. The molecule has 4 rings (SSSR count). The number of carbonyl (C=O) groups is 3. The first-order valence-corrected chi connectivity index (χ1v) is 20.4. The first-order valence-electron chi connectivity index (χ1n) is 19.6. The van der Waals surface area contributed by atoms with Crippen molar-refractivity contribution in [1.82, 2.24) is 35.3 Å². The zero-order valence-electron chi connectivity index (χ0n) is 32.0. The molecular weight excluding hydrogens is 689 g/mol. The maximum absolute atomic E-state index is 13.9. The van der Waals surface area contributed by atoms with Gasteiger partial charge in [0, 0.05) is 12.5 Å². The normalized spacial score (nSPS) is 11.9. The van der Waals surface area contributed by atoms with Crippen LogP contribution in [-0.4, -0.2) is 60.4 Å². The lowest BCUT2D eigenvalue weighted by Crippen LogP contribution is -2.45. The highest BCUT2D eigenvalue weighted by molar-refractivity contribution is 7.99. The maximum Gasteiger partial charge on any atom is 0.328 e. The minimum absolute atomic E-state index is 0.195. The summed E-state index contributed by atoms with van der Waals surface area (Å²) in [6, 6.07) is 12.0. The molecule has 2 amide bonds. The largest absolute Gasteiger partial charge is 0.464 e. The van der Waals surface area contributed by atoms with Crippen molar-refractivity contribution >= 4 is 41.0 Å². The van der Waals surface area contributed by atoms with E-state index in [2.05, 4.69) is 43.1 Å². The first kappa shape index (κ1) is 41.5. The molecule has 0 aliphatic rings. The number of aromatic nitrogens is 6. The summed E-state index contributed by atoms with van der Waals surface area (Å²) < 4.78 is 7.31. The van der Waals surface area contributed by atoms with Crippen LogP contribution in [0.4, 0.5) is 5.82 Å². The number of anilines is 1. The second kappa shape index (κ2) is 22.7. The molecule has 13 heteroatoms. The Morgan fingerprint density at radius 3 is 1.92 bits per heavy atom. The van der Waals surface area contributed by atoms with Gasteiger partial charge in [0.1, 0.15) is 16.8 Å². The Kier molecular flexibility index (Phi) is 17.8. The number of hydrogen-bond donors (Lipinski definition) is 3. The van der Waals surface area contributed by atoms with Gasteiger partial charge in [-0.3, -0.25) is 14.7 Å². The van der Waals surface area contributed by atoms with Crippen LogP contribution >= 0.6 is 11.8 Å². The lowest BCUT2D eigenvalue weighted by atomic mass is 10.0. The molecule has 53 heavy (non-hydrogen) atoms. The van der Waals surface area contributed by atoms with Crippen molar-refractivity contribution in [2.45, 2.75) is 146 Å². The van der Waals surface area contributed by atoms with Gasteiger partial charge >= 0.3 is 5.97 Å². The number of hydrogen-bond acceptors (Lipinski definition) is 9. The molecule has 0 spiro atoms. The van der Waals surface area contributed by atoms with Gasteiger partial charge in [-0.05, 0) is 24.5 Å². The summed E-state index contributed by atoms with van der Waals surface area (Å²) in [7, 11) is 0. The van der Waals surface area contributed by atoms with Gasteiger partial charge in [-0.15, -0.1) is 20.4 Å². The van der Waals surface area contributed by atoms with Crippen molar-refractivity contribution in [3.05, 3.63) is 48.2 Å². The molecule has 4 aromatic rings. The Labute approximate surface area is 318 Å². The van der Waals surface area contributed by atoms with Crippen molar-refractivity contribution < 1.29 is 19.1 Å². The highest BCUT2D eigenvalue weighted by Crippen LogP contribution is 2.34. The third-order valence-electron chi connectivity index (χ3n) is 9.18. The minimum Gasteiger partial charge on any atom is -0.464 e. The van der Waals surface area contributed by atoms with E-state index in [-0.39, 0.29) is 17.5 Å². The number of nitrogens with zero attached hydrogens (tertiary/aromatic N) is 5. The summed E-state index contributed by atoms with van der Waals surface area (Å²) in [5.41, 5.74) is 1.42. The molecule has 3 N–H and O–H groups in total. The Bertz CT molecular complexity index is 1690. The van der Waals surface area contributed by atoms with E-state index in [4.69, 9.17) is 4.74 Å². The number of benzene rings is 1. The molecule has 0 fully saturated rings. The van der Waals surface area contributed by atoms with Crippen LogP contribution in [0.5, 0.6) is 0 Å². The predicted molar refractivity (Wildman–Crippen MR) is 210 cm³/mol. The molecule has 12 nitrogen and oxygen atoms in total. The molecule has 0 radical (unpaired) electrons. The summed E-state index contributed by atoms with van der Waals surface area (Å²) in [6.07, 6.45) is 20.4. The van der Waals surface area contributed by atoms with Crippen LogP contribution in [0.2, 0.25) is 0 Å². The van der Waals surface area contributed by atoms with Crippen molar-refractivity contribution in [3.63, 3.8) is 0 Å². The standard InChI is InChI=1S/C40H58N8O4S/c1-5-6-7-8-9-10-11-12-13-14-15-16-17-18-19-23-28-52-40(51)34(29(2)3)42-39(50)35-36(53-33-27-26-32(43-44-33)41-30(4)49)38-46-45-37(48(38)47-35)31-24-21-20-22-25-31/h20-22,24-27,29,34,47H,5-19,23,28H2,1-4H3,(H,42,50)(H,41,43,49). The summed E-state index contributed by atoms with van der Waals surface area (Å²) in [5.74, 6) is -0.575.